The Morgan fingerprint density at radius 2 is 1.83 bits per heavy atom. The molecular weight excluding hydrogens is 673 g/mol. The molecule has 3 aromatic heterocycles. The lowest BCUT2D eigenvalue weighted by Gasteiger charge is -2.29. The van der Waals surface area contributed by atoms with Crippen molar-refractivity contribution in [3.63, 3.8) is 0 Å². The van der Waals surface area contributed by atoms with Gasteiger partial charge in [0.05, 0.1) is 11.5 Å². The van der Waals surface area contributed by atoms with Crippen molar-refractivity contribution in [3.8, 4) is 28.7 Å². The zero-order valence-electron chi connectivity index (χ0n) is 28.6. The molecule has 0 spiro atoms. The van der Waals surface area contributed by atoms with Gasteiger partial charge in [-0.2, -0.15) is 0 Å². The van der Waals surface area contributed by atoms with Gasteiger partial charge in [-0.15, -0.1) is 21.5 Å². The summed E-state index contributed by atoms with van der Waals surface area (Å²) in [5.74, 6) is 14.0. The summed E-state index contributed by atoms with van der Waals surface area (Å²) in [6, 6.07) is 19.3. The summed E-state index contributed by atoms with van der Waals surface area (Å²) < 4.78 is 8.12. The first-order chi connectivity index (χ1) is 25.4. The third-order valence-corrected chi connectivity index (χ3v) is 10.8. The van der Waals surface area contributed by atoms with E-state index >= 15 is 0 Å². The van der Waals surface area contributed by atoms with Crippen molar-refractivity contribution >= 4 is 29.1 Å². The van der Waals surface area contributed by atoms with Crippen LogP contribution in [0.25, 0.3) is 5.00 Å². The average molecular weight is 707 g/mol. The monoisotopic (exact) mass is 706 g/mol. The Labute approximate surface area is 305 Å². The first-order valence-corrected chi connectivity index (χ1v) is 18.1. The second kappa shape index (κ2) is 14.4. The summed E-state index contributed by atoms with van der Waals surface area (Å²) in [7, 11) is 0. The molecule has 6 heterocycles. The van der Waals surface area contributed by atoms with Gasteiger partial charge in [0.2, 0.25) is 11.8 Å². The number of rotatable bonds is 6. The van der Waals surface area contributed by atoms with Crippen molar-refractivity contribution in [1.82, 2.24) is 30.0 Å². The smallest absolute Gasteiger partial charge is 0.255 e. The zero-order chi connectivity index (χ0) is 35.6. The molecule has 5 aromatic rings. The van der Waals surface area contributed by atoms with Crippen LogP contribution in [-0.2, 0) is 46.9 Å². The largest absolute Gasteiger partial charge is 0.369 e. The summed E-state index contributed by atoms with van der Waals surface area (Å²) >= 11 is 1.65. The molecule has 1 unspecified atom stereocenters. The van der Waals surface area contributed by atoms with Gasteiger partial charge in [-0.1, -0.05) is 54.3 Å². The summed E-state index contributed by atoms with van der Waals surface area (Å²) in [5.41, 5.74) is 7.52. The van der Waals surface area contributed by atoms with Gasteiger partial charge in [-0.25, -0.2) is 4.98 Å². The number of pyridine rings is 1. The Balaban J connectivity index is 0.927. The number of piperidine rings is 1. The predicted octanol–water partition coefficient (Wildman–Crippen LogP) is 5.19. The van der Waals surface area contributed by atoms with Gasteiger partial charge >= 0.3 is 0 Å². The minimum atomic E-state index is -0.643. The molecule has 3 aliphatic heterocycles. The van der Waals surface area contributed by atoms with Crippen molar-refractivity contribution in [3.05, 3.63) is 128 Å². The van der Waals surface area contributed by atoms with Crippen LogP contribution in [0.3, 0.4) is 0 Å². The molecule has 1 fully saturated rings. The van der Waals surface area contributed by atoms with E-state index in [-0.39, 0.29) is 18.2 Å². The molecule has 0 saturated carbocycles. The van der Waals surface area contributed by atoms with E-state index in [1.54, 1.807) is 22.3 Å². The quantitative estimate of drug-likeness (QED) is 0.147. The first kappa shape index (κ1) is 33.3. The maximum Gasteiger partial charge on any atom is 0.255 e. The van der Waals surface area contributed by atoms with Crippen LogP contribution in [0.4, 0.5) is 0 Å². The van der Waals surface area contributed by atoms with Crippen molar-refractivity contribution < 1.29 is 19.1 Å². The molecule has 52 heavy (non-hydrogen) atoms. The number of hydrogen-bond acceptors (Lipinski definition) is 8. The number of thiophene rings is 1. The van der Waals surface area contributed by atoms with Crippen molar-refractivity contribution in [2.24, 2.45) is 0 Å². The minimum Gasteiger partial charge on any atom is -0.369 e. The highest BCUT2D eigenvalue weighted by Crippen LogP contribution is 2.37. The van der Waals surface area contributed by atoms with Crippen LogP contribution in [-0.4, -0.2) is 48.4 Å². The molecule has 8 rings (SSSR count). The lowest BCUT2D eigenvalue weighted by Crippen LogP contribution is -2.52. The van der Waals surface area contributed by atoms with Gasteiger partial charge in [-0.05, 0) is 84.9 Å². The molecular formula is C41H34N6O4S. The average Bonchev–Trinajstić information content (AvgIpc) is 3.76. The van der Waals surface area contributed by atoms with E-state index < -0.39 is 11.9 Å². The number of nitrogens with zero attached hydrogens (tertiary/aromatic N) is 5. The Bertz CT molecular complexity index is 2340. The lowest BCUT2D eigenvalue weighted by molar-refractivity contribution is -0.136. The minimum absolute atomic E-state index is 0.193. The molecule has 3 amide bonds. The Morgan fingerprint density at radius 3 is 2.65 bits per heavy atom. The third kappa shape index (κ3) is 6.64. The van der Waals surface area contributed by atoms with Crippen LogP contribution >= 0.6 is 11.3 Å². The van der Waals surface area contributed by atoms with E-state index in [4.69, 9.17) is 4.74 Å². The summed E-state index contributed by atoms with van der Waals surface area (Å²) in [6.07, 6.45) is 5.55. The number of fused-ring (bicyclic) bond motifs is 4. The molecule has 0 bridgehead atoms. The number of carbonyl (C=O) groups excluding carboxylic acids is 3. The highest BCUT2D eigenvalue weighted by molar-refractivity contribution is 7.15. The highest BCUT2D eigenvalue weighted by Gasteiger charge is 2.39. The SMILES string of the molecule is Cc1nnc2n1-c1sc(C#Cc3ccc(CCCC#Cc4cccc5c4CN(C4CCC(=O)NC4=O)C5=O)cn3)c(Cc3ccccc3)c1COC2. The van der Waals surface area contributed by atoms with Gasteiger partial charge in [-0.3, -0.25) is 24.3 Å². The maximum atomic E-state index is 13.1. The van der Waals surface area contributed by atoms with Crippen molar-refractivity contribution in [2.75, 3.05) is 0 Å². The number of hydrogen-bond donors (Lipinski definition) is 1. The van der Waals surface area contributed by atoms with Crippen LogP contribution in [0.5, 0.6) is 0 Å². The first-order valence-electron chi connectivity index (χ1n) is 17.3. The Kier molecular flexibility index (Phi) is 9.21. The number of unbranched alkanes of at least 4 members (excludes halogenated alkanes) is 1. The number of aryl methyl sites for hydroxylation is 2. The third-order valence-electron chi connectivity index (χ3n) is 9.59. The topological polar surface area (TPSA) is 119 Å². The summed E-state index contributed by atoms with van der Waals surface area (Å²) in [4.78, 5) is 44.3. The second-order valence-electron chi connectivity index (χ2n) is 13.0. The number of aromatic nitrogens is 4. The van der Waals surface area contributed by atoms with Gasteiger partial charge in [0.15, 0.2) is 5.82 Å². The standard InChI is InChI=1S/C41H34N6O4S/c1-26-44-45-37-25-51-24-34-32(21-27-9-4-2-5-10-27)36(52-41(34)47(26)37)19-17-30-16-15-28(22-42-30)11-6-3-7-12-29-13-8-14-31-33(29)23-46(40(31)50)35-18-20-38(48)43-39(35)49/h2,4-5,8-10,13-16,22,35H,3,6,11,18,20-21,23-25H2,1H3,(H,43,48,49). The highest BCUT2D eigenvalue weighted by atomic mass is 32.1. The van der Waals surface area contributed by atoms with Crippen LogP contribution in [0.15, 0.2) is 66.9 Å². The van der Waals surface area contributed by atoms with E-state index in [1.165, 1.54) is 5.56 Å². The summed E-state index contributed by atoms with van der Waals surface area (Å²) in [5, 5.41) is 12.0. The molecule has 1 atom stereocenters. The Morgan fingerprint density at radius 1 is 0.942 bits per heavy atom. The zero-order valence-corrected chi connectivity index (χ0v) is 29.4. The van der Waals surface area contributed by atoms with Crippen LogP contribution in [0, 0.1) is 30.6 Å². The van der Waals surface area contributed by atoms with E-state index in [1.807, 2.05) is 37.4 Å². The normalized spacial score (nSPS) is 16.1. The molecule has 10 nitrogen and oxygen atoms in total. The fourth-order valence-electron chi connectivity index (χ4n) is 6.92. The van der Waals surface area contributed by atoms with E-state index in [2.05, 4.69) is 79.1 Å². The number of amides is 3. The summed E-state index contributed by atoms with van der Waals surface area (Å²) in [6.45, 7) is 3.18. The fourth-order valence-corrected chi connectivity index (χ4v) is 8.17. The van der Waals surface area contributed by atoms with Gasteiger partial charge < -0.3 is 9.64 Å². The molecule has 1 N–H and O–H groups in total. The Hall–Kier alpha value is -5.88. The second-order valence-corrected chi connectivity index (χ2v) is 14.0. The molecule has 11 heteroatoms. The molecule has 0 aliphatic carbocycles. The van der Waals surface area contributed by atoms with Crippen molar-refractivity contribution in [1.29, 1.82) is 0 Å². The van der Waals surface area contributed by atoms with E-state index in [0.29, 0.717) is 43.9 Å². The lowest BCUT2D eigenvalue weighted by atomic mass is 10.0. The molecule has 1 saturated heterocycles. The van der Waals surface area contributed by atoms with Gasteiger partial charge in [0.1, 0.15) is 29.2 Å². The van der Waals surface area contributed by atoms with Gasteiger partial charge in [0.25, 0.3) is 5.91 Å². The fraction of sp³-hybridized carbons (Fsp3) is 0.268. The van der Waals surface area contributed by atoms with Crippen LogP contribution < -0.4 is 5.32 Å². The molecule has 2 aromatic carbocycles. The number of ether oxygens (including phenoxy) is 1. The van der Waals surface area contributed by atoms with E-state index in [9.17, 15) is 14.4 Å². The van der Waals surface area contributed by atoms with Crippen LogP contribution in [0.2, 0.25) is 0 Å². The van der Waals surface area contributed by atoms with Crippen molar-refractivity contribution in [2.45, 2.75) is 71.2 Å². The maximum absolute atomic E-state index is 13.1. The number of benzene rings is 2. The number of carbonyl (C=O) groups is 3. The molecule has 0 radical (unpaired) electrons. The number of imide groups is 1. The van der Waals surface area contributed by atoms with Gasteiger partial charge in [0, 0.05) is 42.3 Å². The predicted molar refractivity (Wildman–Crippen MR) is 194 cm³/mol. The van der Waals surface area contributed by atoms with Crippen LogP contribution in [0.1, 0.15) is 91.6 Å². The number of nitrogens with one attached hydrogen (secondary N) is 1. The molecule has 3 aliphatic rings. The van der Waals surface area contributed by atoms with E-state index in [0.717, 1.165) is 68.6 Å². The molecule has 258 valence electrons.